The van der Waals surface area contributed by atoms with Gasteiger partial charge in [0, 0.05) is 21.2 Å². The molecule has 114 valence electrons. The number of furan rings is 1. The lowest BCUT2D eigenvalue weighted by Gasteiger charge is -2.32. The van der Waals surface area contributed by atoms with Gasteiger partial charge in [0.15, 0.2) is 0 Å². The predicted molar refractivity (Wildman–Crippen MR) is 95.0 cm³/mol. The van der Waals surface area contributed by atoms with Gasteiger partial charge in [-0.15, -0.1) is 0 Å². The summed E-state index contributed by atoms with van der Waals surface area (Å²) in [5.74, 6) is 1.04. The Morgan fingerprint density at radius 2 is 2.10 bits per heavy atom. The summed E-state index contributed by atoms with van der Waals surface area (Å²) in [7, 11) is 0. The van der Waals surface area contributed by atoms with Gasteiger partial charge in [-0.2, -0.15) is 11.8 Å². The van der Waals surface area contributed by atoms with E-state index < -0.39 is 0 Å². The van der Waals surface area contributed by atoms with E-state index in [9.17, 15) is 0 Å². The monoisotopic (exact) mass is 367 g/mol. The van der Waals surface area contributed by atoms with E-state index in [0.29, 0.717) is 6.04 Å². The SMILES string of the molecule is CSC1CCCCC1NC(C)c1cc2cc(Br)ccc2o1. The summed E-state index contributed by atoms with van der Waals surface area (Å²) in [6, 6.07) is 9.19. The molecule has 2 nitrogen and oxygen atoms in total. The van der Waals surface area contributed by atoms with Crippen LogP contribution >= 0.6 is 27.7 Å². The number of hydrogen-bond donors (Lipinski definition) is 1. The van der Waals surface area contributed by atoms with Crippen LogP contribution in [-0.2, 0) is 0 Å². The average molecular weight is 368 g/mol. The minimum absolute atomic E-state index is 0.258. The molecule has 1 aromatic carbocycles. The lowest BCUT2D eigenvalue weighted by molar-refractivity contribution is 0.335. The largest absolute Gasteiger partial charge is 0.459 e. The molecule has 1 aliphatic carbocycles. The summed E-state index contributed by atoms with van der Waals surface area (Å²) in [6.45, 7) is 2.21. The summed E-state index contributed by atoms with van der Waals surface area (Å²) in [5.41, 5.74) is 0.965. The Morgan fingerprint density at radius 1 is 1.29 bits per heavy atom. The van der Waals surface area contributed by atoms with Crippen LogP contribution in [-0.4, -0.2) is 17.5 Å². The van der Waals surface area contributed by atoms with Crippen molar-refractivity contribution >= 4 is 38.7 Å². The van der Waals surface area contributed by atoms with Crippen LogP contribution in [0.5, 0.6) is 0 Å². The molecular formula is C17H22BrNOS. The smallest absolute Gasteiger partial charge is 0.134 e. The van der Waals surface area contributed by atoms with Gasteiger partial charge in [0.2, 0.25) is 0 Å². The van der Waals surface area contributed by atoms with Gasteiger partial charge in [0.05, 0.1) is 6.04 Å². The summed E-state index contributed by atoms with van der Waals surface area (Å²) in [4.78, 5) is 0. The van der Waals surface area contributed by atoms with E-state index in [1.807, 2.05) is 23.9 Å². The summed E-state index contributed by atoms with van der Waals surface area (Å²) in [6.07, 6.45) is 7.56. The Balaban J connectivity index is 1.75. The van der Waals surface area contributed by atoms with Crippen molar-refractivity contribution < 1.29 is 4.42 Å². The zero-order chi connectivity index (χ0) is 14.8. The molecule has 0 aliphatic heterocycles. The number of hydrogen-bond acceptors (Lipinski definition) is 3. The molecule has 0 amide bonds. The second-order valence-electron chi connectivity index (χ2n) is 5.88. The first-order chi connectivity index (χ1) is 10.2. The van der Waals surface area contributed by atoms with Crippen molar-refractivity contribution in [1.82, 2.24) is 5.32 Å². The van der Waals surface area contributed by atoms with Gasteiger partial charge in [0.25, 0.3) is 0 Å². The number of nitrogens with one attached hydrogen (secondary N) is 1. The van der Waals surface area contributed by atoms with E-state index >= 15 is 0 Å². The van der Waals surface area contributed by atoms with Gasteiger partial charge in [-0.1, -0.05) is 28.8 Å². The molecule has 1 heterocycles. The van der Waals surface area contributed by atoms with E-state index in [4.69, 9.17) is 4.42 Å². The maximum atomic E-state index is 6.01. The predicted octanol–water partition coefficient (Wildman–Crippen LogP) is 5.52. The number of thioether (sulfide) groups is 1. The molecule has 1 fully saturated rings. The van der Waals surface area contributed by atoms with Crippen molar-refractivity contribution in [1.29, 1.82) is 0 Å². The number of benzene rings is 1. The highest BCUT2D eigenvalue weighted by Crippen LogP contribution is 2.31. The van der Waals surface area contributed by atoms with E-state index in [1.54, 1.807) is 0 Å². The van der Waals surface area contributed by atoms with Crippen LogP contribution in [0.2, 0.25) is 0 Å². The number of halogens is 1. The molecule has 0 saturated heterocycles. The van der Waals surface area contributed by atoms with Crippen molar-refractivity contribution in [2.45, 2.75) is 49.9 Å². The van der Waals surface area contributed by atoms with Gasteiger partial charge < -0.3 is 9.73 Å². The van der Waals surface area contributed by atoms with Gasteiger partial charge in [-0.05, 0) is 50.3 Å². The second-order valence-corrected chi connectivity index (χ2v) is 7.88. The fourth-order valence-electron chi connectivity index (χ4n) is 3.22. The van der Waals surface area contributed by atoms with Crippen LogP contribution in [0.1, 0.15) is 44.4 Å². The molecule has 0 spiro atoms. The maximum absolute atomic E-state index is 6.01. The van der Waals surface area contributed by atoms with Crippen molar-refractivity contribution in [3.05, 3.63) is 34.5 Å². The Hall–Kier alpha value is -0.450. The van der Waals surface area contributed by atoms with Crippen LogP contribution in [0.3, 0.4) is 0 Å². The molecule has 3 unspecified atom stereocenters. The van der Waals surface area contributed by atoms with Gasteiger partial charge in [-0.25, -0.2) is 0 Å². The minimum Gasteiger partial charge on any atom is -0.459 e. The summed E-state index contributed by atoms with van der Waals surface area (Å²) >= 11 is 5.51. The molecule has 1 saturated carbocycles. The quantitative estimate of drug-likeness (QED) is 0.769. The molecular weight excluding hydrogens is 346 g/mol. The van der Waals surface area contributed by atoms with Crippen LogP contribution in [0, 0.1) is 0 Å². The van der Waals surface area contributed by atoms with E-state index in [-0.39, 0.29) is 6.04 Å². The van der Waals surface area contributed by atoms with Crippen molar-refractivity contribution in [3.8, 4) is 0 Å². The highest BCUT2D eigenvalue weighted by atomic mass is 79.9. The first-order valence-corrected chi connectivity index (χ1v) is 9.73. The molecule has 2 aromatic rings. The molecule has 0 bridgehead atoms. The van der Waals surface area contributed by atoms with Gasteiger partial charge in [-0.3, -0.25) is 0 Å². The maximum Gasteiger partial charge on any atom is 0.134 e. The fraction of sp³-hybridized carbons (Fsp3) is 0.529. The number of fused-ring (bicyclic) bond motifs is 1. The van der Waals surface area contributed by atoms with Gasteiger partial charge in [0.1, 0.15) is 11.3 Å². The van der Waals surface area contributed by atoms with Gasteiger partial charge >= 0.3 is 0 Å². The van der Waals surface area contributed by atoms with Crippen LogP contribution in [0.25, 0.3) is 11.0 Å². The third-order valence-electron chi connectivity index (χ3n) is 4.39. The Kier molecular flexibility index (Phi) is 4.97. The van der Waals surface area contributed by atoms with Crippen molar-refractivity contribution in [3.63, 3.8) is 0 Å². The van der Waals surface area contributed by atoms with Crippen LogP contribution in [0.4, 0.5) is 0 Å². The average Bonchev–Trinajstić information content (AvgIpc) is 2.91. The second kappa shape index (κ2) is 6.76. The third kappa shape index (κ3) is 3.49. The first kappa shape index (κ1) is 15.4. The molecule has 1 aliphatic rings. The number of rotatable bonds is 4. The van der Waals surface area contributed by atoms with E-state index in [0.717, 1.165) is 26.5 Å². The third-order valence-corrected chi connectivity index (χ3v) is 6.06. The fourth-order valence-corrected chi connectivity index (χ4v) is 4.55. The highest BCUT2D eigenvalue weighted by molar-refractivity contribution is 9.10. The summed E-state index contributed by atoms with van der Waals surface area (Å²) < 4.78 is 7.10. The molecule has 0 radical (unpaired) electrons. The Morgan fingerprint density at radius 3 is 2.90 bits per heavy atom. The zero-order valence-corrected chi connectivity index (χ0v) is 15.0. The Labute approximate surface area is 139 Å². The highest BCUT2D eigenvalue weighted by Gasteiger charge is 2.26. The normalized spacial score (nSPS) is 24.3. The first-order valence-electron chi connectivity index (χ1n) is 7.65. The molecule has 1 aromatic heterocycles. The lowest BCUT2D eigenvalue weighted by Crippen LogP contribution is -2.41. The van der Waals surface area contributed by atoms with E-state index in [2.05, 4.69) is 46.6 Å². The van der Waals surface area contributed by atoms with Crippen molar-refractivity contribution in [2.24, 2.45) is 0 Å². The minimum atomic E-state index is 0.258. The topological polar surface area (TPSA) is 25.2 Å². The van der Waals surface area contributed by atoms with Crippen LogP contribution < -0.4 is 5.32 Å². The van der Waals surface area contributed by atoms with Crippen LogP contribution in [0.15, 0.2) is 33.2 Å². The summed E-state index contributed by atoms with van der Waals surface area (Å²) in [5, 5.41) is 5.69. The molecule has 1 N–H and O–H groups in total. The zero-order valence-electron chi connectivity index (χ0n) is 12.6. The molecule has 21 heavy (non-hydrogen) atoms. The standard InChI is InChI=1S/C17H22BrNOS/c1-11(19-14-5-3-4-6-17(14)21-2)16-10-12-9-13(18)7-8-15(12)20-16/h7-11,14,17,19H,3-6H2,1-2H3. The van der Waals surface area contributed by atoms with E-state index in [1.165, 1.54) is 25.7 Å². The lowest BCUT2D eigenvalue weighted by atomic mass is 9.94. The molecule has 3 rings (SSSR count). The Bertz CT molecular complexity index is 612. The molecule has 3 atom stereocenters. The van der Waals surface area contributed by atoms with Crippen molar-refractivity contribution in [2.75, 3.05) is 6.26 Å². The molecule has 4 heteroatoms.